The third kappa shape index (κ3) is 2.79. The van der Waals surface area contributed by atoms with Crippen molar-refractivity contribution >= 4 is 11.8 Å². The first-order valence-corrected chi connectivity index (χ1v) is 6.61. The van der Waals surface area contributed by atoms with E-state index in [1.807, 2.05) is 31.2 Å². The van der Waals surface area contributed by atoms with Gasteiger partial charge in [-0.3, -0.25) is 5.10 Å². The Morgan fingerprint density at radius 2 is 2.12 bits per heavy atom. The first kappa shape index (κ1) is 12.0. The number of aromatic nitrogens is 3. The van der Waals surface area contributed by atoms with Crippen molar-refractivity contribution in [2.45, 2.75) is 19.0 Å². The minimum atomic E-state index is 0.641. The highest BCUT2D eigenvalue weighted by Crippen LogP contribution is 2.28. The number of nitrogens with one attached hydrogen (secondary N) is 1. The number of thioether (sulfide) groups is 1. The van der Waals surface area contributed by atoms with Crippen LogP contribution in [-0.2, 0) is 0 Å². The molecule has 0 radical (unpaired) electrons. The second-order valence-corrected chi connectivity index (χ2v) is 4.56. The molecule has 0 aliphatic rings. The maximum Gasteiger partial charge on any atom is 0.208 e. The molecule has 1 N–H and O–H groups in total. The first-order chi connectivity index (χ1) is 8.35. The van der Waals surface area contributed by atoms with Crippen LogP contribution in [0.15, 0.2) is 29.4 Å². The van der Waals surface area contributed by atoms with Crippen molar-refractivity contribution in [3.05, 3.63) is 24.3 Å². The van der Waals surface area contributed by atoms with Gasteiger partial charge in [-0.2, -0.15) is 0 Å². The van der Waals surface area contributed by atoms with Crippen molar-refractivity contribution in [3.8, 4) is 17.1 Å². The largest absolute Gasteiger partial charge is 0.493 e. The molecular formula is C12H15N3OS. The van der Waals surface area contributed by atoms with Crippen LogP contribution in [0.2, 0.25) is 0 Å². The van der Waals surface area contributed by atoms with Crippen LogP contribution >= 0.6 is 11.8 Å². The van der Waals surface area contributed by atoms with Crippen LogP contribution in [0.3, 0.4) is 0 Å². The second-order valence-electron chi connectivity index (χ2n) is 3.33. The number of ether oxygens (including phenoxy) is 1. The first-order valence-electron chi connectivity index (χ1n) is 5.62. The van der Waals surface area contributed by atoms with Gasteiger partial charge in [0, 0.05) is 0 Å². The molecule has 90 valence electrons. The molecule has 0 saturated carbocycles. The Morgan fingerprint density at radius 3 is 2.88 bits per heavy atom. The van der Waals surface area contributed by atoms with Crippen molar-refractivity contribution in [2.24, 2.45) is 0 Å². The van der Waals surface area contributed by atoms with Crippen molar-refractivity contribution < 1.29 is 4.74 Å². The Morgan fingerprint density at radius 1 is 1.29 bits per heavy atom. The maximum absolute atomic E-state index is 5.57. The summed E-state index contributed by atoms with van der Waals surface area (Å²) in [5.41, 5.74) is 0.949. The topological polar surface area (TPSA) is 50.8 Å². The zero-order valence-corrected chi connectivity index (χ0v) is 10.8. The number of nitrogens with zero attached hydrogens (tertiary/aromatic N) is 2. The summed E-state index contributed by atoms with van der Waals surface area (Å²) in [4.78, 5) is 4.43. The van der Waals surface area contributed by atoms with Crippen molar-refractivity contribution in [3.63, 3.8) is 0 Å². The van der Waals surface area contributed by atoms with Gasteiger partial charge in [0.25, 0.3) is 0 Å². The Balaban J connectivity index is 2.31. The molecule has 2 aromatic rings. The van der Waals surface area contributed by atoms with E-state index in [9.17, 15) is 0 Å². The van der Waals surface area contributed by atoms with Crippen LogP contribution in [0.5, 0.6) is 5.75 Å². The molecule has 17 heavy (non-hydrogen) atoms. The fourth-order valence-corrected chi connectivity index (χ4v) is 2.03. The van der Waals surface area contributed by atoms with Crippen LogP contribution < -0.4 is 4.74 Å². The van der Waals surface area contributed by atoms with E-state index in [2.05, 4.69) is 22.1 Å². The van der Waals surface area contributed by atoms with Crippen LogP contribution in [0.4, 0.5) is 0 Å². The van der Waals surface area contributed by atoms with E-state index in [0.29, 0.717) is 6.61 Å². The molecule has 0 aliphatic heterocycles. The van der Waals surface area contributed by atoms with Crippen LogP contribution in [-0.4, -0.2) is 27.5 Å². The third-order valence-electron chi connectivity index (χ3n) is 2.18. The lowest BCUT2D eigenvalue weighted by Gasteiger charge is -2.06. The van der Waals surface area contributed by atoms with E-state index in [4.69, 9.17) is 4.74 Å². The summed E-state index contributed by atoms with van der Waals surface area (Å²) < 4.78 is 5.57. The normalized spacial score (nSPS) is 10.5. The summed E-state index contributed by atoms with van der Waals surface area (Å²) in [6.45, 7) is 4.69. The van der Waals surface area contributed by atoms with Crippen LogP contribution in [0, 0.1) is 0 Å². The molecule has 0 bridgehead atoms. The molecule has 1 aromatic heterocycles. The molecule has 0 aliphatic carbocycles. The molecule has 5 heteroatoms. The van der Waals surface area contributed by atoms with Crippen LogP contribution in [0.25, 0.3) is 11.4 Å². The number of hydrogen-bond acceptors (Lipinski definition) is 4. The minimum absolute atomic E-state index is 0.641. The molecule has 2 rings (SSSR count). The quantitative estimate of drug-likeness (QED) is 0.828. The molecule has 0 fully saturated rings. The summed E-state index contributed by atoms with van der Waals surface area (Å²) in [5.74, 6) is 2.55. The number of para-hydroxylation sites is 1. The summed E-state index contributed by atoms with van der Waals surface area (Å²) in [6.07, 6.45) is 0. The number of rotatable bonds is 5. The number of aromatic amines is 1. The van der Waals surface area contributed by atoms with Crippen molar-refractivity contribution in [1.82, 2.24) is 15.2 Å². The van der Waals surface area contributed by atoms with Gasteiger partial charge < -0.3 is 4.74 Å². The summed E-state index contributed by atoms with van der Waals surface area (Å²) in [5, 5.41) is 7.87. The highest BCUT2D eigenvalue weighted by Gasteiger charge is 2.10. The van der Waals surface area contributed by atoms with E-state index < -0.39 is 0 Å². The summed E-state index contributed by atoms with van der Waals surface area (Å²) >= 11 is 1.62. The van der Waals surface area contributed by atoms with Gasteiger partial charge in [0.15, 0.2) is 5.82 Å². The number of H-pyrrole nitrogens is 1. The molecule has 4 nitrogen and oxygen atoms in total. The summed E-state index contributed by atoms with van der Waals surface area (Å²) in [6, 6.07) is 7.83. The predicted octanol–water partition coefficient (Wildman–Crippen LogP) is 2.98. The molecule has 1 aromatic carbocycles. The fraction of sp³-hybridized carbons (Fsp3) is 0.333. The second kappa shape index (κ2) is 5.72. The highest BCUT2D eigenvalue weighted by atomic mass is 32.2. The monoisotopic (exact) mass is 249 g/mol. The summed E-state index contributed by atoms with van der Waals surface area (Å²) in [7, 11) is 0. The van der Waals surface area contributed by atoms with Gasteiger partial charge >= 0.3 is 0 Å². The van der Waals surface area contributed by atoms with E-state index >= 15 is 0 Å². The Labute approximate surface area is 105 Å². The van der Waals surface area contributed by atoms with Crippen molar-refractivity contribution in [2.75, 3.05) is 12.4 Å². The van der Waals surface area contributed by atoms with E-state index in [1.54, 1.807) is 11.8 Å². The van der Waals surface area contributed by atoms with Crippen LogP contribution in [0.1, 0.15) is 13.8 Å². The van der Waals surface area contributed by atoms with Gasteiger partial charge in [-0.15, -0.1) is 5.10 Å². The van der Waals surface area contributed by atoms with Gasteiger partial charge in [0.1, 0.15) is 5.75 Å². The molecule has 0 amide bonds. The standard InChI is InChI=1S/C12H15N3OS/c1-3-16-10-8-6-5-7-9(10)11-13-12(15-14-11)17-4-2/h5-8H,3-4H2,1-2H3,(H,13,14,15). The number of benzene rings is 1. The lowest BCUT2D eigenvalue weighted by Crippen LogP contribution is -1.94. The fourth-order valence-electron chi connectivity index (χ4n) is 1.50. The number of hydrogen-bond donors (Lipinski definition) is 1. The highest BCUT2D eigenvalue weighted by molar-refractivity contribution is 7.99. The molecule has 1 heterocycles. The van der Waals surface area contributed by atoms with Gasteiger partial charge in [0.2, 0.25) is 5.16 Å². The molecule has 0 spiro atoms. The van der Waals surface area contributed by atoms with Gasteiger partial charge in [-0.25, -0.2) is 4.98 Å². The third-order valence-corrected chi connectivity index (χ3v) is 2.91. The maximum atomic E-state index is 5.57. The average molecular weight is 249 g/mol. The lowest BCUT2D eigenvalue weighted by molar-refractivity contribution is 0.341. The SMILES string of the molecule is CCOc1ccccc1-c1nc(SCC)n[nH]1. The zero-order chi connectivity index (χ0) is 12.1. The van der Waals surface area contributed by atoms with Gasteiger partial charge in [-0.05, 0) is 24.8 Å². The molecular weight excluding hydrogens is 234 g/mol. The smallest absolute Gasteiger partial charge is 0.208 e. The van der Waals surface area contributed by atoms with E-state index in [-0.39, 0.29) is 0 Å². The Bertz CT molecular complexity index is 484. The van der Waals surface area contributed by atoms with Crippen molar-refractivity contribution in [1.29, 1.82) is 0 Å². The Hall–Kier alpha value is -1.49. The molecule has 0 atom stereocenters. The molecule has 0 saturated heterocycles. The minimum Gasteiger partial charge on any atom is -0.493 e. The molecule has 0 unspecified atom stereocenters. The zero-order valence-electron chi connectivity index (χ0n) is 9.93. The van der Waals surface area contributed by atoms with E-state index in [1.165, 1.54) is 0 Å². The lowest BCUT2D eigenvalue weighted by atomic mass is 10.2. The van der Waals surface area contributed by atoms with Gasteiger partial charge in [-0.1, -0.05) is 30.8 Å². The van der Waals surface area contributed by atoms with E-state index in [0.717, 1.165) is 28.0 Å². The Kier molecular flexibility index (Phi) is 4.03. The average Bonchev–Trinajstić information content (AvgIpc) is 2.79. The van der Waals surface area contributed by atoms with Gasteiger partial charge in [0.05, 0.1) is 12.2 Å². The predicted molar refractivity (Wildman–Crippen MR) is 69.4 cm³/mol.